The summed E-state index contributed by atoms with van der Waals surface area (Å²) >= 11 is 7.83. The molecule has 2 saturated heterocycles. The molecule has 6 rings (SSSR count). The SMILES string of the molecule is COC(=O)C1=C(CN2CCN3C(=O)N(c4ccc(CCC(=O)O)cc4)C[C@@H]3[C@H]2CO)NC(c2nccs2)=N[C@H]1c1ccc(F)cc1Cl. The monoisotopic (exact) mass is 682 g/mol. The number of benzene rings is 2. The lowest BCUT2D eigenvalue weighted by molar-refractivity contribution is -0.137. The number of esters is 1. The average Bonchev–Trinajstić information content (AvgIpc) is 3.72. The van der Waals surface area contributed by atoms with E-state index in [9.17, 15) is 23.9 Å². The number of thiazole rings is 1. The number of aliphatic hydroxyl groups is 1. The number of carboxylic acids is 1. The standard InChI is InChI=1S/C32H32ClFN6O6S/c1-46-31(44)27-23(36-29(30-35-10-13-47-30)37-28(27)21-8-5-19(34)14-22(21)33)15-38-11-12-39-24(25(38)17-41)16-40(32(39)45)20-6-2-18(3-7-20)4-9-26(42)43/h2-3,5-8,10,13-14,24-25,28,41H,4,9,11-12,15-17H2,1H3,(H,36,37)(H,42,43)/t24-,25-,28+/m1/s1. The third-order valence-corrected chi connectivity index (χ3v) is 9.74. The number of amidine groups is 1. The number of hydrogen-bond acceptors (Lipinski definition) is 10. The van der Waals surface area contributed by atoms with Crippen molar-refractivity contribution in [3.8, 4) is 0 Å². The van der Waals surface area contributed by atoms with Gasteiger partial charge in [-0.1, -0.05) is 29.8 Å². The normalized spacial score (nSPS) is 21.4. The molecule has 3 aliphatic rings. The van der Waals surface area contributed by atoms with Crippen LogP contribution in [0.1, 0.15) is 28.6 Å². The van der Waals surface area contributed by atoms with E-state index < -0.39 is 29.8 Å². The highest BCUT2D eigenvalue weighted by Gasteiger charge is 2.47. The number of aliphatic imine (C=N–C) groups is 1. The van der Waals surface area contributed by atoms with Crippen LogP contribution in [0.4, 0.5) is 14.9 Å². The van der Waals surface area contributed by atoms with Gasteiger partial charge in [-0.15, -0.1) is 11.3 Å². The number of piperazine rings is 1. The molecule has 2 aromatic carbocycles. The van der Waals surface area contributed by atoms with Gasteiger partial charge in [-0.25, -0.2) is 19.0 Å². The predicted molar refractivity (Wildman–Crippen MR) is 173 cm³/mol. The van der Waals surface area contributed by atoms with Gasteiger partial charge in [-0.05, 0) is 36.2 Å². The predicted octanol–water partition coefficient (Wildman–Crippen LogP) is 3.46. The van der Waals surface area contributed by atoms with Gasteiger partial charge >= 0.3 is 18.0 Å². The van der Waals surface area contributed by atoms with Crippen molar-refractivity contribution in [1.82, 2.24) is 20.1 Å². The van der Waals surface area contributed by atoms with Gasteiger partial charge in [0.1, 0.15) is 11.9 Å². The number of methoxy groups -OCH3 is 1. The first-order valence-corrected chi connectivity index (χ1v) is 16.2. The van der Waals surface area contributed by atoms with E-state index in [0.717, 1.165) is 5.56 Å². The van der Waals surface area contributed by atoms with Crippen molar-refractivity contribution in [2.75, 3.05) is 44.8 Å². The molecule has 47 heavy (non-hydrogen) atoms. The molecular weight excluding hydrogens is 651 g/mol. The third kappa shape index (κ3) is 6.59. The van der Waals surface area contributed by atoms with Crippen molar-refractivity contribution in [3.05, 3.63) is 92.3 Å². The van der Waals surface area contributed by atoms with Crippen molar-refractivity contribution >= 4 is 52.4 Å². The van der Waals surface area contributed by atoms with Crippen LogP contribution in [0.5, 0.6) is 0 Å². The van der Waals surface area contributed by atoms with Gasteiger partial charge in [0.05, 0.1) is 31.4 Å². The van der Waals surface area contributed by atoms with Gasteiger partial charge < -0.3 is 25.2 Å². The molecule has 15 heteroatoms. The maximum Gasteiger partial charge on any atom is 0.338 e. The number of aryl methyl sites for hydroxylation is 1. The minimum absolute atomic E-state index is 0.0176. The number of rotatable bonds is 10. The summed E-state index contributed by atoms with van der Waals surface area (Å²) in [5.74, 6) is -1.65. The molecule has 0 bridgehead atoms. The maximum atomic E-state index is 14.0. The zero-order valence-electron chi connectivity index (χ0n) is 25.3. The topological polar surface area (TPSA) is 148 Å². The number of carbonyl (C=O) groups is 3. The molecule has 0 spiro atoms. The molecule has 246 valence electrons. The summed E-state index contributed by atoms with van der Waals surface area (Å²) in [5, 5.41) is 25.4. The number of anilines is 1. The zero-order chi connectivity index (χ0) is 33.2. The van der Waals surface area contributed by atoms with Crippen LogP contribution in [-0.2, 0) is 20.7 Å². The fraction of sp³-hybridized carbons (Fsp3) is 0.344. The van der Waals surface area contributed by atoms with E-state index in [-0.39, 0.29) is 42.2 Å². The summed E-state index contributed by atoms with van der Waals surface area (Å²) in [4.78, 5) is 52.5. The Morgan fingerprint density at radius 3 is 2.64 bits per heavy atom. The molecule has 0 saturated carbocycles. The molecule has 2 fully saturated rings. The average molecular weight is 683 g/mol. The van der Waals surface area contributed by atoms with Crippen molar-refractivity contribution < 1.29 is 33.7 Å². The summed E-state index contributed by atoms with van der Waals surface area (Å²) in [6.07, 6.45) is 2.04. The summed E-state index contributed by atoms with van der Waals surface area (Å²) in [6, 6.07) is 9.22. The Morgan fingerprint density at radius 1 is 1.19 bits per heavy atom. The lowest BCUT2D eigenvalue weighted by Gasteiger charge is -2.43. The van der Waals surface area contributed by atoms with E-state index in [4.69, 9.17) is 26.4 Å². The lowest BCUT2D eigenvalue weighted by atomic mass is 9.94. The fourth-order valence-corrected chi connectivity index (χ4v) is 7.17. The Balaban J connectivity index is 1.29. The minimum Gasteiger partial charge on any atom is -0.481 e. The second-order valence-electron chi connectivity index (χ2n) is 11.3. The van der Waals surface area contributed by atoms with E-state index in [1.165, 1.54) is 36.6 Å². The van der Waals surface area contributed by atoms with Crippen molar-refractivity contribution in [3.63, 3.8) is 0 Å². The minimum atomic E-state index is -0.929. The van der Waals surface area contributed by atoms with Gasteiger partial charge in [-0.2, -0.15) is 0 Å². The molecule has 3 aliphatic heterocycles. The number of nitrogens with zero attached hydrogens (tertiary/aromatic N) is 5. The number of fused-ring (bicyclic) bond motifs is 1. The number of aliphatic hydroxyl groups excluding tert-OH is 1. The number of hydrogen-bond donors (Lipinski definition) is 3. The van der Waals surface area contributed by atoms with Crippen LogP contribution in [0, 0.1) is 5.82 Å². The Kier molecular flexibility index (Phi) is 9.55. The van der Waals surface area contributed by atoms with E-state index in [1.807, 2.05) is 17.0 Å². The molecule has 3 atom stereocenters. The molecule has 0 unspecified atom stereocenters. The molecule has 12 nitrogen and oxygen atoms in total. The second kappa shape index (κ2) is 13.8. The van der Waals surface area contributed by atoms with Crippen LogP contribution in [0.3, 0.4) is 0 Å². The highest BCUT2D eigenvalue weighted by Crippen LogP contribution is 2.38. The third-order valence-electron chi connectivity index (χ3n) is 8.64. The van der Waals surface area contributed by atoms with E-state index in [2.05, 4.69) is 10.3 Å². The van der Waals surface area contributed by atoms with Gasteiger partial charge in [0.2, 0.25) is 0 Å². The van der Waals surface area contributed by atoms with Crippen molar-refractivity contribution in [2.24, 2.45) is 4.99 Å². The lowest BCUT2D eigenvalue weighted by Crippen LogP contribution is -2.61. The fourth-order valence-electron chi connectivity index (χ4n) is 6.31. The molecule has 4 heterocycles. The van der Waals surface area contributed by atoms with Gasteiger partial charge in [-0.3, -0.25) is 19.6 Å². The van der Waals surface area contributed by atoms with E-state index in [1.54, 1.807) is 33.5 Å². The number of halogens is 2. The summed E-state index contributed by atoms with van der Waals surface area (Å²) < 4.78 is 19.2. The van der Waals surface area contributed by atoms with Crippen LogP contribution in [0.25, 0.3) is 0 Å². The number of nitrogens with one attached hydrogen (secondary N) is 1. The summed E-state index contributed by atoms with van der Waals surface area (Å²) in [6.45, 7) is 1.03. The summed E-state index contributed by atoms with van der Waals surface area (Å²) in [5.41, 5.74) is 2.60. The number of amides is 2. The van der Waals surface area contributed by atoms with Crippen molar-refractivity contribution in [2.45, 2.75) is 31.0 Å². The number of urea groups is 1. The molecule has 2 amide bonds. The number of carboxylic acid groups (broad SMARTS) is 1. The van der Waals surface area contributed by atoms with Crippen LogP contribution in [0.2, 0.25) is 5.02 Å². The molecule has 1 aromatic heterocycles. The molecule has 0 radical (unpaired) electrons. The first-order chi connectivity index (χ1) is 22.7. The Hall–Kier alpha value is -4.37. The van der Waals surface area contributed by atoms with Crippen LogP contribution in [0.15, 0.2) is 70.3 Å². The highest BCUT2D eigenvalue weighted by molar-refractivity contribution is 7.11. The van der Waals surface area contributed by atoms with Gasteiger partial charge in [0.15, 0.2) is 10.8 Å². The zero-order valence-corrected chi connectivity index (χ0v) is 26.9. The summed E-state index contributed by atoms with van der Waals surface area (Å²) in [7, 11) is 1.27. The van der Waals surface area contributed by atoms with Crippen LogP contribution >= 0.6 is 22.9 Å². The molecular formula is C32H32ClFN6O6S. The van der Waals surface area contributed by atoms with Crippen LogP contribution < -0.4 is 10.2 Å². The Bertz CT molecular complexity index is 1740. The van der Waals surface area contributed by atoms with E-state index in [0.29, 0.717) is 53.8 Å². The van der Waals surface area contributed by atoms with E-state index >= 15 is 0 Å². The first kappa shape index (κ1) is 32.6. The second-order valence-corrected chi connectivity index (χ2v) is 12.6. The Labute approximate surface area is 278 Å². The number of aliphatic carboxylic acids is 1. The first-order valence-electron chi connectivity index (χ1n) is 14.9. The highest BCUT2D eigenvalue weighted by atomic mass is 35.5. The number of carbonyl (C=O) groups excluding carboxylic acids is 2. The van der Waals surface area contributed by atoms with Crippen molar-refractivity contribution in [1.29, 1.82) is 0 Å². The smallest absolute Gasteiger partial charge is 0.338 e. The number of ether oxygens (including phenoxy) is 1. The number of aromatic nitrogens is 1. The quantitative estimate of drug-likeness (QED) is 0.274. The Morgan fingerprint density at radius 2 is 1.98 bits per heavy atom. The van der Waals surface area contributed by atoms with Gasteiger partial charge in [0.25, 0.3) is 0 Å². The molecule has 3 N–H and O–H groups in total. The maximum absolute atomic E-state index is 14.0. The molecule has 3 aromatic rings. The largest absolute Gasteiger partial charge is 0.481 e. The van der Waals surface area contributed by atoms with Crippen LogP contribution in [-0.4, -0.2) is 101 Å². The van der Waals surface area contributed by atoms with Gasteiger partial charge in [0, 0.05) is 66.1 Å². The molecule has 0 aliphatic carbocycles.